The molecule has 0 spiro atoms. The Kier molecular flexibility index (Phi) is 7.10. The van der Waals surface area contributed by atoms with Gasteiger partial charge in [0.05, 0.1) is 29.6 Å². The lowest BCUT2D eigenvalue weighted by Crippen LogP contribution is -2.27. The highest BCUT2D eigenvalue weighted by Gasteiger charge is 2.16. The highest BCUT2D eigenvalue weighted by atomic mass is 35.5. The second-order valence-corrected chi connectivity index (χ2v) is 8.52. The van der Waals surface area contributed by atoms with Crippen LogP contribution in [0.3, 0.4) is 0 Å². The molecule has 0 saturated carbocycles. The average molecular weight is 411 g/mol. The molecule has 1 N–H and O–H groups in total. The third kappa shape index (κ3) is 5.87. The molecule has 0 radical (unpaired) electrons. The number of methoxy groups -OCH3 is 1. The summed E-state index contributed by atoms with van der Waals surface area (Å²) >= 11 is 6.11. The molecule has 2 aromatic rings. The van der Waals surface area contributed by atoms with Crippen molar-refractivity contribution in [1.29, 1.82) is 0 Å². The van der Waals surface area contributed by atoms with E-state index in [4.69, 9.17) is 16.3 Å². The van der Waals surface area contributed by atoms with Crippen LogP contribution in [0.15, 0.2) is 42.5 Å². The molecule has 0 aliphatic heterocycles. The van der Waals surface area contributed by atoms with E-state index in [1.807, 2.05) is 24.3 Å². The van der Waals surface area contributed by atoms with Crippen molar-refractivity contribution in [2.75, 3.05) is 31.3 Å². The van der Waals surface area contributed by atoms with E-state index in [1.54, 1.807) is 13.2 Å². The van der Waals surface area contributed by atoms with Gasteiger partial charge in [-0.1, -0.05) is 23.7 Å². The van der Waals surface area contributed by atoms with Crippen molar-refractivity contribution in [2.45, 2.75) is 12.8 Å². The minimum atomic E-state index is -3.42. The van der Waals surface area contributed by atoms with Crippen LogP contribution in [0.25, 0.3) is 0 Å². The molecule has 0 unspecified atom stereocenters. The summed E-state index contributed by atoms with van der Waals surface area (Å²) < 4.78 is 29.6. The van der Waals surface area contributed by atoms with E-state index < -0.39 is 10.0 Å². The monoisotopic (exact) mass is 410 g/mol. The van der Waals surface area contributed by atoms with E-state index in [2.05, 4.69) is 5.32 Å². The van der Waals surface area contributed by atoms with Crippen molar-refractivity contribution in [3.05, 3.63) is 58.6 Å². The Bertz CT molecular complexity index is 898. The van der Waals surface area contributed by atoms with Crippen molar-refractivity contribution in [3.63, 3.8) is 0 Å². The average Bonchev–Trinajstić information content (AvgIpc) is 2.64. The number of aryl methyl sites for hydroxylation is 1. The van der Waals surface area contributed by atoms with Crippen molar-refractivity contribution in [2.24, 2.45) is 0 Å². The number of nitrogens with zero attached hydrogens (tertiary/aromatic N) is 1. The molecule has 6 nitrogen and oxygen atoms in total. The van der Waals surface area contributed by atoms with Gasteiger partial charge in [0.25, 0.3) is 5.91 Å². The minimum Gasteiger partial charge on any atom is -0.497 e. The van der Waals surface area contributed by atoms with Crippen molar-refractivity contribution in [3.8, 4) is 5.75 Å². The Morgan fingerprint density at radius 2 is 1.85 bits per heavy atom. The molecule has 0 atom stereocenters. The Balaban J connectivity index is 1.95. The summed E-state index contributed by atoms with van der Waals surface area (Å²) in [6.45, 7) is 0.479. The van der Waals surface area contributed by atoms with Crippen LogP contribution in [-0.2, 0) is 16.4 Å². The van der Waals surface area contributed by atoms with Crippen LogP contribution in [0.4, 0.5) is 5.69 Å². The number of hydrogen-bond acceptors (Lipinski definition) is 4. The van der Waals surface area contributed by atoms with E-state index >= 15 is 0 Å². The third-order valence-corrected chi connectivity index (χ3v) is 5.68. The van der Waals surface area contributed by atoms with Gasteiger partial charge in [-0.3, -0.25) is 9.10 Å². The van der Waals surface area contributed by atoms with Crippen LogP contribution in [0.5, 0.6) is 5.75 Å². The predicted molar refractivity (Wildman–Crippen MR) is 108 cm³/mol. The van der Waals surface area contributed by atoms with Crippen LogP contribution in [-0.4, -0.2) is 41.3 Å². The molecule has 0 heterocycles. The number of hydrogen-bond donors (Lipinski definition) is 1. The number of nitrogens with one attached hydrogen (secondary N) is 1. The van der Waals surface area contributed by atoms with Gasteiger partial charge < -0.3 is 10.1 Å². The van der Waals surface area contributed by atoms with Crippen LogP contribution in [0.1, 0.15) is 22.3 Å². The van der Waals surface area contributed by atoms with Crippen LogP contribution in [0.2, 0.25) is 5.02 Å². The van der Waals surface area contributed by atoms with Crippen LogP contribution >= 0.6 is 11.6 Å². The molecule has 2 aromatic carbocycles. The molecule has 0 fully saturated rings. The van der Waals surface area contributed by atoms with E-state index in [0.29, 0.717) is 12.2 Å². The fourth-order valence-electron chi connectivity index (χ4n) is 2.46. The number of sulfonamides is 1. The molecule has 0 aliphatic rings. The van der Waals surface area contributed by atoms with Crippen molar-refractivity contribution < 1.29 is 17.9 Å². The number of rotatable bonds is 8. The summed E-state index contributed by atoms with van der Waals surface area (Å²) in [5.74, 6) is 0.471. The number of carbonyl (C=O) groups is 1. The number of carbonyl (C=O) groups excluding carboxylic acids is 1. The standard InChI is InChI=1S/C19H23ClN2O4S/c1-22(27(3,24)25)15-8-11-18(20)17(13-15)19(23)21-12-4-5-14-6-9-16(26-2)10-7-14/h6-11,13H,4-5,12H2,1-3H3,(H,21,23). The van der Waals surface area contributed by atoms with Crippen molar-refractivity contribution in [1.82, 2.24) is 5.32 Å². The summed E-state index contributed by atoms with van der Waals surface area (Å²) in [6, 6.07) is 12.3. The second kappa shape index (κ2) is 9.10. The summed E-state index contributed by atoms with van der Waals surface area (Å²) in [4.78, 5) is 12.4. The highest BCUT2D eigenvalue weighted by molar-refractivity contribution is 7.92. The van der Waals surface area contributed by atoms with Gasteiger partial charge >= 0.3 is 0 Å². The van der Waals surface area contributed by atoms with Gasteiger partial charge in [0.2, 0.25) is 10.0 Å². The van der Waals surface area contributed by atoms with Gasteiger partial charge in [0.15, 0.2) is 0 Å². The normalized spacial score (nSPS) is 11.1. The van der Waals surface area contributed by atoms with E-state index in [9.17, 15) is 13.2 Å². The first-order chi connectivity index (χ1) is 12.7. The number of halogens is 1. The Morgan fingerprint density at radius 1 is 1.19 bits per heavy atom. The zero-order valence-electron chi connectivity index (χ0n) is 15.5. The minimum absolute atomic E-state index is 0.245. The third-order valence-electron chi connectivity index (χ3n) is 4.14. The predicted octanol–water partition coefficient (Wildman–Crippen LogP) is 3.11. The molecule has 146 valence electrons. The smallest absolute Gasteiger partial charge is 0.252 e. The topological polar surface area (TPSA) is 75.7 Å². The van der Waals surface area contributed by atoms with Crippen LogP contribution < -0.4 is 14.4 Å². The van der Waals surface area contributed by atoms with Gasteiger partial charge in [-0.25, -0.2) is 8.42 Å². The van der Waals surface area contributed by atoms with Gasteiger partial charge in [0, 0.05) is 13.6 Å². The summed E-state index contributed by atoms with van der Waals surface area (Å²) in [6.07, 6.45) is 2.67. The Morgan fingerprint density at radius 3 is 2.44 bits per heavy atom. The fraction of sp³-hybridized carbons (Fsp3) is 0.316. The first kappa shape index (κ1) is 21.1. The van der Waals surface area contributed by atoms with E-state index in [-0.39, 0.29) is 16.5 Å². The Labute approximate surface area is 165 Å². The first-order valence-electron chi connectivity index (χ1n) is 8.37. The molecule has 0 bridgehead atoms. The molecule has 0 aliphatic carbocycles. The lowest BCUT2D eigenvalue weighted by Gasteiger charge is -2.18. The summed E-state index contributed by atoms with van der Waals surface area (Å²) in [5, 5.41) is 3.09. The maximum absolute atomic E-state index is 12.4. The van der Waals surface area contributed by atoms with Gasteiger partial charge in [0.1, 0.15) is 5.75 Å². The molecule has 1 amide bonds. The molecular formula is C19H23ClN2O4S. The largest absolute Gasteiger partial charge is 0.497 e. The lowest BCUT2D eigenvalue weighted by atomic mass is 10.1. The maximum Gasteiger partial charge on any atom is 0.252 e. The molecule has 2 rings (SSSR count). The summed E-state index contributed by atoms with van der Waals surface area (Å²) in [5.41, 5.74) is 1.78. The first-order valence-corrected chi connectivity index (χ1v) is 10.6. The SMILES string of the molecule is COc1ccc(CCCNC(=O)c2cc(N(C)S(C)(=O)=O)ccc2Cl)cc1. The maximum atomic E-state index is 12.4. The highest BCUT2D eigenvalue weighted by Crippen LogP contribution is 2.24. The van der Waals surface area contributed by atoms with Crippen LogP contribution in [0, 0.1) is 0 Å². The molecule has 0 aromatic heterocycles. The van der Waals surface area contributed by atoms with Gasteiger partial charge in [-0.2, -0.15) is 0 Å². The second-order valence-electron chi connectivity index (χ2n) is 6.10. The van der Waals surface area contributed by atoms with Gasteiger partial charge in [-0.15, -0.1) is 0 Å². The zero-order valence-corrected chi connectivity index (χ0v) is 17.1. The number of amides is 1. The quantitative estimate of drug-likeness (QED) is 0.678. The number of benzene rings is 2. The lowest BCUT2D eigenvalue weighted by molar-refractivity contribution is 0.0953. The number of anilines is 1. The van der Waals surface area contributed by atoms with Gasteiger partial charge in [-0.05, 0) is 48.7 Å². The molecule has 27 heavy (non-hydrogen) atoms. The molecular weight excluding hydrogens is 388 g/mol. The molecule has 8 heteroatoms. The van der Waals surface area contributed by atoms with E-state index in [0.717, 1.165) is 34.7 Å². The Hall–Kier alpha value is -2.25. The fourth-order valence-corrected chi connectivity index (χ4v) is 3.16. The molecule has 0 saturated heterocycles. The summed E-state index contributed by atoms with van der Waals surface area (Å²) in [7, 11) is -0.369. The van der Waals surface area contributed by atoms with E-state index in [1.165, 1.54) is 19.2 Å². The van der Waals surface area contributed by atoms with Crippen molar-refractivity contribution >= 4 is 33.2 Å². The zero-order chi connectivity index (χ0) is 20.0. The number of ether oxygens (including phenoxy) is 1.